The summed E-state index contributed by atoms with van der Waals surface area (Å²) in [5.74, 6) is 0.770. The maximum Gasteiger partial charge on any atom is 0.251 e. The highest BCUT2D eigenvalue weighted by Crippen LogP contribution is 2.11. The molecule has 0 bridgehead atoms. The minimum absolute atomic E-state index is 0.00884. The molecule has 0 aliphatic carbocycles. The molecule has 1 saturated heterocycles. The van der Waals surface area contributed by atoms with Crippen LogP contribution < -0.4 is 10.6 Å². The fourth-order valence-electron chi connectivity index (χ4n) is 2.61. The fraction of sp³-hybridized carbons (Fsp3) is 0.625. The van der Waals surface area contributed by atoms with E-state index in [-0.39, 0.29) is 5.91 Å². The van der Waals surface area contributed by atoms with Crippen molar-refractivity contribution in [1.29, 1.82) is 0 Å². The van der Waals surface area contributed by atoms with Crippen molar-refractivity contribution in [1.82, 2.24) is 15.2 Å². The number of carbonyl (C=O) groups excluding carboxylic acids is 1. The van der Waals surface area contributed by atoms with Gasteiger partial charge in [-0.15, -0.1) is 0 Å². The number of rotatable bonds is 7. The molecular weight excluding hydrogens is 264 g/mol. The largest absolute Gasteiger partial charge is 0.370 e. The van der Waals surface area contributed by atoms with Gasteiger partial charge >= 0.3 is 0 Å². The number of anilines is 1. The summed E-state index contributed by atoms with van der Waals surface area (Å²) in [6.45, 7) is 8.85. The van der Waals surface area contributed by atoms with E-state index in [0.717, 1.165) is 44.1 Å². The van der Waals surface area contributed by atoms with E-state index in [1.165, 1.54) is 12.8 Å². The third kappa shape index (κ3) is 4.70. The van der Waals surface area contributed by atoms with Crippen molar-refractivity contribution in [3.05, 3.63) is 23.4 Å². The topological polar surface area (TPSA) is 57.3 Å². The first-order valence-electron chi connectivity index (χ1n) is 7.98. The number of carbonyl (C=O) groups is 1. The molecule has 0 atom stereocenters. The molecular formula is C16H26N4O. The second-order valence-corrected chi connectivity index (χ2v) is 5.42. The molecule has 5 heteroatoms. The molecule has 1 fully saturated rings. The minimum Gasteiger partial charge on any atom is -0.370 e. The van der Waals surface area contributed by atoms with Crippen LogP contribution in [0.15, 0.2) is 12.1 Å². The van der Waals surface area contributed by atoms with Crippen LogP contribution in [0.25, 0.3) is 0 Å². The summed E-state index contributed by atoms with van der Waals surface area (Å²) in [4.78, 5) is 19.1. The average Bonchev–Trinajstić information content (AvgIpc) is 3.00. The van der Waals surface area contributed by atoms with Crippen molar-refractivity contribution in [3.63, 3.8) is 0 Å². The molecule has 2 heterocycles. The molecule has 0 saturated carbocycles. The third-order valence-electron chi connectivity index (χ3n) is 3.77. The molecule has 0 radical (unpaired) electrons. The Kier molecular flexibility index (Phi) is 5.99. The van der Waals surface area contributed by atoms with Crippen molar-refractivity contribution in [3.8, 4) is 0 Å². The monoisotopic (exact) mass is 290 g/mol. The summed E-state index contributed by atoms with van der Waals surface area (Å²) in [6, 6.07) is 3.71. The third-order valence-corrected chi connectivity index (χ3v) is 3.77. The van der Waals surface area contributed by atoms with E-state index in [0.29, 0.717) is 12.1 Å². The predicted octanol–water partition coefficient (Wildman–Crippen LogP) is 1.90. The fourth-order valence-corrected chi connectivity index (χ4v) is 2.61. The molecule has 1 aromatic heterocycles. The average molecular weight is 290 g/mol. The minimum atomic E-state index is -0.00884. The van der Waals surface area contributed by atoms with Crippen LogP contribution in [0, 0.1) is 0 Å². The predicted molar refractivity (Wildman–Crippen MR) is 85.8 cm³/mol. The highest BCUT2D eigenvalue weighted by atomic mass is 16.1. The lowest BCUT2D eigenvalue weighted by Gasteiger charge is -2.15. The molecule has 2 N–H and O–H groups in total. The highest BCUT2D eigenvalue weighted by molar-refractivity contribution is 5.95. The number of aromatic nitrogens is 1. The first-order valence-corrected chi connectivity index (χ1v) is 7.98. The molecule has 1 aromatic rings. The van der Waals surface area contributed by atoms with Crippen molar-refractivity contribution in [2.24, 2.45) is 0 Å². The van der Waals surface area contributed by atoms with E-state index in [1.807, 2.05) is 26.0 Å². The van der Waals surface area contributed by atoms with Crippen LogP contribution in [0.2, 0.25) is 0 Å². The van der Waals surface area contributed by atoms with Gasteiger partial charge in [-0.1, -0.05) is 6.92 Å². The molecule has 5 nitrogen and oxygen atoms in total. The van der Waals surface area contributed by atoms with E-state index >= 15 is 0 Å². The van der Waals surface area contributed by atoms with E-state index in [1.54, 1.807) is 0 Å². The Bertz CT molecular complexity index is 469. The number of amides is 1. The van der Waals surface area contributed by atoms with E-state index < -0.39 is 0 Å². The lowest BCUT2D eigenvalue weighted by Crippen LogP contribution is -2.33. The lowest BCUT2D eigenvalue weighted by atomic mass is 10.2. The molecule has 1 aliphatic heterocycles. The molecule has 116 valence electrons. The second kappa shape index (κ2) is 7.98. The summed E-state index contributed by atoms with van der Waals surface area (Å²) in [6.07, 6.45) is 3.39. The summed E-state index contributed by atoms with van der Waals surface area (Å²) in [7, 11) is 0. The first-order chi connectivity index (χ1) is 10.2. The van der Waals surface area contributed by atoms with Gasteiger partial charge in [0.15, 0.2) is 0 Å². The number of pyridine rings is 1. The first kappa shape index (κ1) is 15.8. The molecule has 0 spiro atoms. The molecule has 0 aromatic carbocycles. The van der Waals surface area contributed by atoms with Gasteiger partial charge in [-0.2, -0.15) is 0 Å². The van der Waals surface area contributed by atoms with Gasteiger partial charge in [0.1, 0.15) is 5.82 Å². The molecule has 1 amide bonds. The standard InChI is InChI=1S/C16H26N4O/c1-3-14-11-13(12-15(19-14)17-4-2)16(21)18-7-10-20-8-5-6-9-20/h11-12H,3-10H2,1-2H3,(H,17,19)(H,18,21). The van der Waals surface area contributed by atoms with Crippen molar-refractivity contribution in [2.75, 3.05) is 38.0 Å². The van der Waals surface area contributed by atoms with E-state index in [4.69, 9.17) is 0 Å². The second-order valence-electron chi connectivity index (χ2n) is 5.42. The van der Waals surface area contributed by atoms with Gasteiger partial charge < -0.3 is 15.5 Å². The quantitative estimate of drug-likeness (QED) is 0.805. The number of likely N-dealkylation sites (tertiary alicyclic amines) is 1. The van der Waals surface area contributed by atoms with Crippen LogP contribution in [0.3, 0.4) is 0 Å². The van der Waals surface area contributed by atoms with Crippen molar-refractivity contribution >= 4 is 11.7 Å². The maximum absolute atomic E-state index is 12.3. The number of nitrogens with one attached hydrogen (secondary N) is 2. The van der Waals surface area contributed by atoms with Crippen LogP contribution in [0.1, 0.15) is 42.7 Å². The van der Waals surface area contributed by atoms with Gasteiger partial charge in [-0.05, 0) is 51.4 Å². The number of hydrogen-bond donors (Lipinski definition) is 2. The number of aryl methyl sites for hydroxylation is 1. The Balaban J connectivity index is 1.92. The van der Waals surface area contributed by atoms with Gasteiger partial charge in [-0.25, -0.2) is 4.98 Å². The van der Waals surface area contributed by atoms with Crippen molar-refractivity contribution < 1.29 is 4.79 Å². The Morgan fingerprint density at radius 3 is 2.71 bits per heavy atom. The highest BCUT2D eigenvalue weighted by Gasteiger charge is 2.12. The van der Waals surface area contributed by atoms with Crippen LogP contribution in [0.5, 0.6) is 0 Å². The zero-order chi connectivity index (χ0) is 15.1. The molecule has 21 heavy (non-hydrogen) atoms. The molecule has 0 unspecified atom stereocenters. The summed E-state index contributed by atoms with van der Waals surface area (Å²) in [5.41, 5.74) is 1.64. The van der Waals surface area contributed by atoms with E-state index in [2.05, 4.69) is 20.5 Å². The van der Waals surface area contributed by atoms with Gasteiger partial charge in [0.2, 0.25) is 0 Å². The molecule has 1 aliphatic rings. The van der Waals surface area contributed by atoms with Gasteiger partial charge in [0.25, 0.3) is 5.91 Å². The zero-order valence-corrected chi connectivity index (χ0v) is 13.1. The zero-order valence-electron chi connectivity index (χ0n) is 13.1. The van der Waals surface area contributed by atoms with Gasteiger partial charge in [-0.3, -0.25) is 4.79 Å². The van der Waals surface area contributed by atoms with Crippen LogP contribution in [0.4, 0.5) is 5.82 Å². The van der Waals surface area contributed by atoms with Gasteiger partial charge in [0, 0.05) is 30.9 Å². The Labute approximate surface area is 127 Å². The Morgan fingerprint density at radius 1 is 1.29 bits per heavy atom. The van der Waals surface area contributed by atoms with Crippen LogP contribution in [-0.2, 0) is 6.42 Å². The SMILES string of the molecule is CCNc1cc(C(=O)NCCN2CCCC2)cc(CC)n1. The van der Waals surface area contributed by atoms with Crippen LogP contribution >= 0.6 is 0 Å². The number of hydrogen-bond acceptors (Lipinski definition) is 4. The normalized spacial score (nSPS) is 15.1. The summed E-state index contributed by atoms with van der Waals surface area (Å²) < 4.78 is 0. The Morgan fingerprint density at radius 2 is 2.05 bits per heavy atom. The lowest BCUT2D eigenvalue weighted by molar-refractivity contribution is 0.0949. The summed E-state index contributed by atoms with van der Waals surface area (Å²) >= 11 is 0. The summed E-state index contributed by atoms with van der Waals surface area (Å²) in [5, 5.41) is 6.19. The smallest absolute Gasteiger partial charge is 0.251 e. The number of nitrogens with zero attached hydrogens (tertiary/aromatic N) is 2. The van der Waals surface area contributed by atoms with E-state index in [9.17, 15) is 4.79 Å². The van der Waals surface area contributed by atoms with Crippen molar-refractivity contribution in [2.45, 2.75) is 33.1 Å². The van der Waals surface area contributed by atoms with Gasteiger partial charge in [0.05, 0.1) is 0 Å². The maximum atomic E-state index is 12.3. The van der Waals surface area contributed by atoms with Crippen LogP contribution in [-0.4, -0.2) is 48.5 Å². The molecule has 2 rings (SSSR count). The Hall–Kier alpha value is -1.62.